The van der Waals surface area contributed by atoms with E-state index in [1.807, 2.05) is 62.4 Å². The monoisotopic (exact) mass is 320 g/mol. The Balaban J connectivity index is 1.98. The SMILES string of the molecule is Cc1ccc(/C=N\N=C(N)C(N)=N/N=C/c2ccc(C)cc2)cc1. The Labute approximate surface area is 141 Å². The van der Waals surface area contributed by atoms with Crippen LogP contribution in [-0.2, 0) is 0 Å². The van der Waals surface area contributed by atoms with Gasteiger partial charge in [0.25, 0.3) is 0 Å². The van der Waals surface area contributed by atoms with Gasteiger partial charge in [0.1, 0.15) is 0 Å². The number of nitrogens with two attached hydrogens (primary N) is 2. The van der Waals surface area contributed by atoms with Gasteiger partial charge < -0.3 is 11.5 Å². The molecule has 0 aliphatic carbocycles. The van der Waals surface area contributed by atoms with Crippen LogP contribution in [0.2, 0.25) is 0 Å². The van der Waals surface area contributed by atoms with Crippen LogP contribution >= 0.6 is 0 Å². The summed E-state index contributed by atoms with van der Waals surface area (Å²) in [6.07, 6.45) is 3.18. The first-order chi connectivity index (χ1) is 11.5. The molecule has 0 spiro atoms. The summed E-state index contributed by atoms with van der Waals surface area (Å²) in [4.78, 5) is 0. The lowest BCUT2D eigenvalue weighted by molar-refractivity contribution is 1.21. The van der Waals surface area contributed by atoms with E-state index < -0.39 is 0 Å². The van der Waals surface area contributed by atoms with Gasteiger partial charge in [-0.2, -0.15) is 10.2 Å². The van der Waals surface area contributed by atoms with Crippen molar-refractivity contribution >= 4 is 24.1 Å². The van der Waals surface area contributed by atoms with Gasteiger partial charge >= 0.3 is 0 Å². The normalized spacial score (nSPS) is 13.1. The van der Waals surface area contributed by atoms with Crippen LogP contribution < -0.4 is 11.5 Å². The number of rotatable bonds is 4. The third kappa shape index (κ3) is 5.49. The second kappa shape index (κ2) is 8.38. The molecule has 0 bridgehead atoms. The Hall–Kier alpha value is -3.28. The van der Waals surface area contributed by atoms with Crippen molar-refractivity contribution in [2.45, 2.75) is 13.8 Å². The molecule has 0 heterocycles. The molecule has 6 nitrogen and oxygen atoms in total. The molecule has 0 unspecified atom stereocenters. The maximum Gasteiger partial charge on any atom is 0.190 e. The molecule has 0 aliphatic heterocycles. The molecular formula is C18H20N6. The molecule has 2 aromatic carbocycles. The van der Waals surface area contributed by atoms with E-state index in [2.05, 4.69) is 20.4 Å². The molecule has 122 valence electrons. The molecule has 0 fully saturated rings. The Morgan fingerprint density at radius 1 is 0.667 bits per heavy atom. The van der Waals surface area contributed by atoms with Crippen molar-refractivity contribution in [3.8, 4) is 0 Å². The Morgan fingerprint density at radius 2 is 1.00 bits per heavy atom. The van der Waals surface area contributed by atoms with Crippen molar-refractivity contribution in [2.75, 3.05) is 0 Å². The molecule has 2 aromatic rings. The highest BCUT2D eigenvalue weighted by atomic mass is 15.3. The minimum Gasteiger partial charge on any atom is -0.379 e. The average molecular weight is 320 g/mol. The lowest BCUT2D eigenvalue weighted by Gasteiger charge is -1.95. The topological polar surface area (TPSA) is 101 Å². The van der Waals surface area contributed by atoms with E-state index in [1.165, 1.54) is 11.1 Å². The van der Waals surface area contributed by atoms with Crippen molar-refractivity contribution in [1.82, 2.24) is 0 Å². The summed E-state index contributed by atoms with van der Waals surface area (Å²) in [7, 11) is 0. The summed E-state index contributed by atoms with van der Waals surface area (Å²) < 4.78 is 0. The number of aryl methyl sites for hydroxylation is 2. The minimum atomic E-state index is 0.0133. The highest BCUT2D eigenvalue weighted by molar-refractivity contribution is 6.39. The number of nitrogens with zero attached hydrogens (tertiary/aromatic N) is 4. The number of benzene rings is 2. The van der Waals surface area contributed by atoms with Crippen molar-refractivity contribution < 1.29 is 0 Å². The van der Waals surface area contributed by atoms with Crippen LogP contribution in [-0.4, -0.2) is 24.1 Å². The van der Waals surface area contributed by atoms with E-state index in [-0.39, 0.29) is 11.7 Å². The molecule has 2 rings (SSSR count). The molecule has 0 aliphatic rings. The predicted molar refractivity (Wildman–Crippen MR) is 101 cm³/mol. The van der Waals surface area contributed by atoms with E-state index in [1.54, 1.807) is 12.4 Å². The van der Waals surface area contributed by atoms with Crippen LogP contribution in [0.1, 0.15) is 22.3 Å². The van der Waals surface area contributed by atoms with Gasteiger partial charge in [-0.25, -0.2) is 0 Å². The Bertz CT molecular complexity index is 714. The molecule has 0 atom stereocenters. The number of hydrogen-bond donors (Lipinski definition) is 2. The molecule has 0 saturated carbocycles. The zero-order chi connectivity index (χ0) is 17.4. The summed E-state index contributed by atoms with van der Waals surface area (Å²) in [5.41, 5.74) is 15.6. The minimum absolute atomic E-state index is 0.0133. The summed E-state index contributed by atoms with van der Waals surface area (Å²) in [6.45, 7) is 4.04. The van der Waals surface area contributed by atoms with Gasteiger partial charge in [-0.3, -0.25) is 0 Å². The molecule has 4 N–H and O–H groups in total. The first-order valence-corrected chi connectivity index (χ1v) is 7.41. The molecule has 0 radical (unpaired) electrons. The smallest absolute Gasteiger partial charge is 0.190 e. The number of amidine groups is 2. The van der Waals surface area contributed by atoms with Crippen LogP contribution in [0.5, 0.6) is 0 Å². The van der Waals surface area contributed by atoms with Crippen LogP contribution in [0.25, 0.3) is 0 Å². The first kappa shape index (κ1) is 17.1. The highest BCUT2D eigenvalue weighted by Crippen LogP contribution is 2.01. The van der Waals surface area contributed by atoms with Gasteiger partial charge in [-0.1, -0.05) is 59.7 Å². The van der Waals surface area contributed by atoms with Crippen molar-refractivity contribution in [3.05, 3.63) is 70.8 Å². The summed E-state index contributed by atoms with van der Waals surface area (Å²) >= 11 is 0. The largest absolute Gasteiger partial charge is 0.379 e. The van der Waals surface area contributed by atoms with Gasteiger partial charge in [0.05, 0.1) is 12.4 Å². The molecule has 6 heteroatoms. The van der Waals surface area contributed by atoms with E-state index in [0.717, 1.165) is 11.1 Å². The standard InChI is InChI=1S/C18H20N6/c1-13-3-7-15(8-4-13)11-21-23-17(19)18(20)24-22-12-16-9-5-14(2)6-10-16/h3-12H,1-2H3,(H2,19,23)(H2,20,24)/b21-11-,22-12+. The summed E-state index contributed by atoms with van der Waals surface area (Å²) in [6, 6.07) is 15.7. The quantitative estimate of drug-likeness (QED) is 0.513. The van der Waals surface area contributed by atoms with Crippen molar-refractivity contribution in [3.63, 3.8) is 0 Å². The predicted octanol–water partition coefficient (Wildman–Crippen LogP) is 2.39. The van der Waals surface area contributed by atoms with E-state index in [4.69, 9.17) is 11.5 Å². The third-order valence-corrected chi connectivity index (χ3v) is 3.16. The molecular weight excluding hydrogens is 300 g/mol. The van der Waals surface area contributed by atoms with Gasteiger partial charge in [0.2, 0.25) is 0 Å². The van der Waals surface area contributed by atoms with Crippen LogP contribution in [0.3, 0.4) is 0 Å². The van der Waals surface area contributed by atoms with Crippen LogP contribution in [0, 0.1) is 13.8 Å². The fourth-order valence-electron chi connectivity index (χ4n) is 1.72. The van der Waals surface area contributed by atoms with E-state index in [9.17, 15) is 0 Å². The zero-order valence-corrected chi connectivity index (χ0v) is 13.7. The Morgan fingerprint density at radius 3 is 1.33 bits per heavy atom. The van der Waals surface area contributed by atoms with Crippen LogP contribution in [0.15, 0.2) is 68.9 Å². The summed E-state index contributed by atoms with van der Waals surface area (Å²) in [5, 5.41) is 15.4. The lowest BCUT2D eigenvalue weighted by atomic mass is 10.2. The molecule has 0 amide bonds. The zero-order valence-electron chi connectivity index (χ0n) is 13.7. The van der Waals surface area contributed by atoms with Gasteiger partial charge in [-0.05, 0) is 25.0 Å². The van der Waals surface area contributed by atoms with Gasteiger partial charge in [-0.15, -0.1) is 10.2 Å². The maximum absolute atomic E-state index is 5.71. The molecule has 0 aromatic heterocycles. The highest BCUT2D eigenvalue weighted by Gasteiger charge is 1.97. The fourth-order valence-corrected chi connectivity index (χ4v) is 1.72. The average Bonchev–Trinajstić information content (AvgIpc) is 2.58. The fraction of sp³-hybridized carbons (Fsp3) is 0.111. The van der Waals surface area contributed by atoms with Crippen molar-refractivity contribution in [1.29, 1.82) is 0 Å². The first-order valence-electron chi connectivity index (χ1n) is 7.41. The second-order valence-electron chi connectivity index (χ2n) is 5.28. The van der Waals surface area contributed by atoms with E-state index >= 15 is 0 Å². The van der Waals surface area contributed by atoms with Gasteiger partial charge in [0, 0.05) is 0 Å². The van der Waals surface area contributed by atoms with Gasteiger partial charge in [0.15, 0.2) is 11.7 Å². The number of hydrogen-bond acceptors (Lipinski definition) is 4. The molecule has 24 heavy (non-hydrogen) atoms. The van der Waals surface area contributed by atoms with Crippen molar-refractivity contribution in [2.24, 2.45) is 31.9 Å². The maximum atomic E-state index is 5.71. The Kier molecular flexibility index (Phi) is 5.96. The summed E-state index contributed by atoms with van der Waals surface area (Å²) in [5.74, 6) is 0.0267. The third-order valence-electron chi connectivity index (χ3n) is 3.16. The lowest BCUT2D eigenvalue weighted by Crippen LogP contribution is -2.30. The van der Waals surface area contributed by atoms with Crippen LogP contribution in [0.4, 0.5) is 0 Å². The molecule has 0 saturated heterocycles. The van der Waals surface area contributed by atoms with E-state index in [0.29, 0.717) is 0 Å². The second-order valence-corrected chi connectivity index (χ2v) is 5.28.